The predicted octanol–water partition coefficient (Wildman–Crippen LogP) is 0.467. The summed E-state index contributed by atoms with van der Waals surface area (Å²) in [4.78, 5) is 0. The van der Waals surface area contributed by atoms with E-state index in [1.165, 1.54) is 0 Å². The molecule has 5 heavy (non-hydrogen) atoms. The van der Waals surface area contributed by atoms with Gasteiger partial charge in [0.05, 0.1) is 0 Å². The first-order chi connectivity index (χ1) is 1.73. The van der Waals surface area contributed by atoms with E-state index in [4.69, 9.17) is 0 Å². The standard InChI is InChI=1S/H3OPS2.Zn/c1-2(3)4;/h2H,(H2,1,3,4);/q;+2/p-2. The van der Waals surface area contributed by atoms with Crippen LogP contribution in [0.4, 0.5) is 0 Å². The molecule has 0 aliphatic heterocycles. The zero-order valence-electron chi connectivity index (χ0n) is 2.43. The van der Waals surface area contributed by atoms with Gasteiger partial charge < -0.3 is 29.1 Å². The molecular weight excluding hydrogens is 176 g/mol. The molecule has 5 heteroatoms. The van der Waals surface area contributed by atoms with Crippen LogP contribution in [0.5, 0.6) is 0 Å². The van der Waals surface area contributed by atoms with E-state index in [2.05, 4.69) is 24.5 Å². The third-order valence-corrected chi connectivity index (χ3v) is 0. The van der Waals surface area contributed by atoms with Crippen LogP contribution in [0, 0.1) is 0 Å². The maximum absolute atomic E-state index is 9.26. The minimum atomic E-state index is -1.96. The zero-order valence-corrected chi connectivity index (χ0v) is 8.03. The Morgan fingerprint density at radius 1 is 1.40 bits per heavy atom. The fourth-order valence-corrected chi connectivity index (χ4v) is 0. The Balaban J connectivity index is 0. The average Bonchev–Trinajstić information content (AvgIpc) is 0.811. The molecule has 0 bridgehead atoms. The van der Waals surface area contributed by atoms with Crippen LogP contribution in [0.15, 0.2) is 0 Å². The first kappa shape index (κ1) is 9.75. The topological polar surface area (TPSA) is 17.1 Å². The smallest absolute Gasteiger partial charge is 0.745 e. The second-order valence-corrected chi connectivity index (χ2v) is 3.75. The number of rotatable bonds is 0. The van der Waals surface area contributed by atoms with Crippen molar-refractivity contribution < 1.29 is 24.0 Å². The van der Waals surface area contributed by atoms with Crippen molar-refractivity contribution in [2.75, 3.05) is 0 Å². The molecule has 0 heterocycles. The van der Waals surface area contributed by atoms with Crippen molar-refractivity contribution in [1.82, 2.24) is 0 Å². The fraction of sp³-hybridized carbons (Fsp3) is 0. The van der Waals surface area contributed by atoms with Crippen LogP contribution in [-0.4, -0.2) is 0 Å². The molecule has 0 radical (unpaired) electrons. The maximum atomic E-state index is 9.26. The van der Waals surface area contributed by atoms with Crippen LogP contribution in [-0.2, 0) is 48.5 Å². The molecule has 0 amide bonds. The first-order valence-corrected chi connectivity index (χ1v) is 4.29. The first-order valence-electron chi connectivity index (χ1n) is 0.612. The van der Waals surface area contributed by atoms with Gasteiger partial charge in [0, 0.05) is 0 Å². The van der Waals surface area contributed by atoms with E-state index >= 15 is 0 Å². The van der Waals surface area contributed by atoms with Gasteiger partial charge in [-0.05, 0) is 0 Å². The second-order valence-electron chi connectivity index (χ2n) is 0.250. The SMILES string of the molecule is O=[PH]([S-])[S-].[Zn+2]. The molecule has 0 aliphatic rings. The van der Waals surface area contributed by atoms with Crippen LogP contribution >= 0.6 is 6.20 Å². The predicted molar refractivity (Wildman–Crippen MR) is 23.7 cm³/mol. The van der Waals surface area contributed by atoms with Gasteiger partial charge in [-0.1, -0.05) is 0 Å². The summed E-state index contributed by atoms with van der Waals surface area (Å²) in [5, 5.41) is 0. The van der Waals surface area contributed by atoms with Crippen LogP contribution in [0.3, 0.4) is 0 Å². The molecule has 0 rings (SSSR count). The molecule has 26 valence electrons. The molecule has 0 aliphatic carbocycles. The van der Waals surface area contributed by atoms with Gasteiger partial charge in [0.1, 0.15) is 0 Å². The zero-order chi connectivity index (χ0) is 3.58. The second kappa shape index (κ2) is 5.55. The van der Waals surface area contributed by atoms with E-state index in [1.54, 1.807) is 0 Å². The summed E-state index contributed by atoms with van der Waals surface area (Å²) in [6, 6.07) is 0. The van der Waals surface area contributed by atoms with E-state index in [9.17, 15) is 4.57 Å². The maximum Gasteiger partial charge on any atom is 2.00 e. The van der Waals surface area contributed by atoms with Gasteiger partial charge in [0.2, 0.25) is 0 Å². The van der Waals surface area contributed by atoms with Gasteiger partial charge in [0.25, 0.3) is 0 Å². The monoisotopic (exact) mass is 176 g/mol. The average molecular weight is 178 g/mol. The van der Waals surface area contributed by atoms with Crippen LogP contribution in [0.25, 0.3) is 0 Å². The van der Waals surface area contributed by atoms with E-state index in [0.717, 1.165) is 0 Å². The Hall–Kier alpha value is 1.55. The van der Waals surface area contributed by atoms with E-state index < -0.39 is 6.20 Å². The van der Waals surface area contributed by atoms with Gasteiger partial charge in [-0.15, -0.1) is 0 Å². The van der Waals surface area contributed by atoms with Gasteiger partial charge in [-0.3, -0.25) is 0 Å². The molecule has 0 aromatic heterocycles. The van der Waals surface area contributed by atoms with Crippen molar-refractivity contribution in [3.63, 3.8) is 0 Å². The molecular formula is HOPS2Zn. The summed E-state index contributed by atoms with van der Waals surface area (Å²) in [7, 11) is 0. The van der Waals surface area contributed by atoms with Crippen molar-refractivity contribution in [3.8, 4) is 0 Å². The van der Waals surface area contributed by atoms with Crippen LogP contribution in [0.2, 0.25) is 0 Å². The molecule has 0 atom stereocenters. The van der Waals surface area contributed by atoms with Crippen LogP contribution < -0.4 is 0 Å². The van der Waals surface area contributed by atoms with Gasteiger partial charge in [0.15, 0.2) is 0 Å². The molecule has 0 aromatic carbocycles. The van der Waals surface area contributed by atoms with E-state index in [-0.39, 0.29) is 19.5 Å². The third kappa shape index (κ3) is 29.1. The van der Waals surface area contributed by atoms with Gasteiger partial charge >= 0.3 is 19.5 Å². The van der Waals surface area contributed by atoms with Crippen molar-refractivity contribution in [2.45, 2.75) is 0 Å². The Labute approximate surface area is 54.8 Å². The van der Waals surface area contributed by atoms with Crippen LogP contribution in [0.1, 0.15) is 0 Å². The minimum absolute atomic E-state index is 0. The number of hydrogen-bond acceptors (Lipinski definition) is 3. The summed E-state index contributed by atoms with van der Waals surface area (Å²) >= 11 is 7.96. The third-order valence-electron chi connectivity index (χ3n) is 0. The van der Waals surface area contributed by atoms with Crippen molar-refractivity contribution in [1.29, 1.82) is 0 Å². The molecule has 0 fully saturated rings. The van der Waals surface area contributed by atoms with Crippen molar-refractivity contribution >= 4 is 30.7 Å². The molecule has 0 saturated heterocycles. The largest absolute Gasteiger partial charge is 2.00 e. The number of hydrogen-bond donors (Lipinski definition) is 0. The molecule has 0 unspecified atom stereocenters. The Morgan fingerprint density at radius 3 is 1.40 bits per heavy atom. The molecule has 0 aromatic rings. The van der Waals surface area contributed by atoms with Gasteiger partial charge in [-0.25, -0.2) is 0 Å². The van der Waals surface area contributed by atoms with Crippen molar-refractivity contribution in [2.24, 2.45) is 0 Å². The summed E-state index contributed by atoms with van der Waals surface area (Å²) in [5.74, 6) is 0. The minimum Gasteiger partial charge on any atom is -0.745 e. The molecule has 0 spiro atoms. The Kier molecular flexibility index (Phi) is 10.8. The molecule has 1 nitrogen and oxygen atoms in total. The molecule has 0 N–H and O–H groups in total. The Morgan fingerprint density at radius 2 is 1.40 bits per heavy atom. The van der Waals surface area contributed by atoms with Gasteiger partial charge in [-0.2, -0.15) is 6.20 Å². The normalized spacial score (nSPS) is 7.00. The van der Waals surface area contributed by atoms with E-state index in [1.807, 2.05) is 0 Å². The summed E-state index contributed by atoms with van der Waals surface area (Å²) in [6.45, 7) is 0. The Bertz CT molecular complexity index is 32.6. The fourth-order valence-electron chi connectivity index (χ4n) is 0. The molecule has 0 saturated carbocycles. The van der Waals surface area contributed by atoms with E-state index in [0.29, 0.717) is 0 Å². The summed E-state index contributed by atoms with van der Waals surface area (Å²) < 4.78 is 9.26. The quantitative estimate of drug-likeness (QED) is 0.304. The summed E-state index contributed by atoms with van der Waals surface area (Å²) in [5.41, 5.74) is 0. The van der Waals surface area contributed by atoms with Crippen molar-refractivity contribution in [3.05, 3.63) is 0 Å². The summed E-state index contributed by atoms with van der Waals surface area (Å²) in [6.07, 6.45) is -1.96.